The number of benzene rings is 1. The van der Waals surface area contributed by atoms with Crippen LogP contribution in [0.3, 0.4) is 0 Å². The summed E-state index contributed by atoms with van der Waals surface area (Å²) < 4.78 is 5.34. The SMILES string of the molecule is NC(=O)Nc1ccccc1-c1ccnc(N2CCOCC2)n1. The maximum atomic E-state index is 11.1. The van der Waals surface area contributed by atoms with E-state index in [1.807, 2.05) is 24.3 Å². The van der Waals surface area contributed by atoms with Crippen molar-refractivity contribution in [2.45, 2.75) is 0 Å². The Morgan fingerprint density at radius 3 is 2.77 bits per heavy atom. The van der Waals surface area contributed by atoms with Gasteiger partial charge in [-0.3, -0.25) is 0 Å². The van der Waals surface area contributed by atoms with Gasteiger partial charge >= 0.3 is 6.03 Å². The molecule has 2 amide bonds. The van der Waals surface area contributed by atoms with E-state index in [1.54, 1.807) is 12.3 Å². The summed E-state index contributed by atoms with van der Waals surface area (Å²) in [6.07, 6.45) is 1.72. The van der Waals surface area contributed by atoms with Crippen LogP contribution < -0.4 is 16.0 Å². The number of nitrogens with one attached hydrogen (secondary N) is 1. The zero-order chi connectivity index (χ0) is 15.4. The zero-order valence-corrected chi connectivity index (χ0v) is 12.0. The molecule has 3 rings (SSSR count). The topological polar surface area (TPSA) is 93.4 Å². The lowest BCUT2D eigenvalue weighted by Crippen LogP contribution is -2.37. The molecule has 2 heterocycles. The van der Waals surface area contributed by atoms with E-state index in [-0.39, 0.29) is 0 Å². The molecule has 3 N–H and O–H groups in total. The molecule has 22 heavy (non-hydrogen) atoms. The fourth-order valence-corrected chi connectivity index (χ4v) is 2.36. The first-order valence-electron chi connectivity index (χ1n) is 7.05. The summed E-state index contributed by atoms with van der Waals surface area (Å²) in [5.41, 5.74) is 7.38. The van der Waals surface area contributed by atoms with Crippen molar-refractivity contribution in [1.82, 2.24) is 9.97 Å². The van der Waals surface area contributed by atoms with Gasteiger partial charge in [0, 0.05) is 24.8 Å². The Hall–Kier alpha value is -2.67. The van der Waals surface area contributed by atoms with Gasteiger partial charge in [0.2, 0.25) is 5.95 Å². The highest BCUT2D eigenvalue weighted by atomic mass is 16.5. The fraction of sp³-hybridized carbons (Fsp3) is 0.267. The van der Waals surface area contributed by atoms with Gasteiger partial charge < -0.3 is 20.7 Å². The molecule has 0 unspecified atom stereocenters. The minimum atomic E-state index is -0.602. The average molecular weight is 299 g/mol. The Morgan fingerprint density at radius 2 is 2.00 bits per heavy atom. The van der Waals surface area contributed by atoms with Gasteiger partial charge in [-0.15, -0.1) is 0 Å². The van der Waals surface area contributed by atoms with Crippen LogP contribution in [0.25, 0.3) is 11.3 Å². The first-order valence-corrected chi connectivity index (χ1v) is 7.05. The molecule has 0 aliphatic carbocycles. The highest BCUT2D eigenvalue weighted by Crippen LogP contribution is 2.27. The van der Waals surface area contributed by atoms with E-state index in [1.165, 1.54) is 0 Å². The molecule has 7 nitrogen and oxygen atoms in total. The monoisotopic (exact) mass is 299 g/mol. The Labute approximate surface area is 128 Å². The molecule has 114 valence electrons. The lowest BCUT2D eigenvalue weighted by molar-refractivity contribution is 0.122. The summed E-state index contributed by atoms with van der Waals surface area (Å²) >= 11 is 0. The molecule has 2 aromatic rings. The normalized spacial score (nSPS) is 14.6. The average Bonchev–Trinajstić information content (AvgIpc) is 2.56. The third-order valence-electron chi connectivity index (χ3n) is 3.40. The molecule has 1 aromatic heterocycles. The highest BCUT2D eigenvalue weighted by Gasteiger charge is 2.15. The number of carbonyl (C=O) groups is 1. The molecule has 1 aliphatic heterocycles. The molecular weight excluding hydrogens is 282 g/mol. The lowest BCUT2D eigenvalue weighted by Gasteiger charge is -2.26. The van der Waals surface area contributed by atoms with Gasteiger partial charge in [-0.25, -0.2) is 14.8 Å². The van der Waals surface area contributed by atoms with E-state index in [4.69, 9.17) is 10.5 Å². The van der Waals surface area contributed by atoms with Crippen LogP contribution in [0.15, 0.2) is 36.5 Å². The minimum Gasteiger partial charge on any atom is -0.378 e. The lowest BCUT2D eigenvalue weighted by atomic mass is 10.1. The van der Waals surface area contributed by atoms with Crippen LogP contribution in [0.5, 0.6) is 0 Å². The molecule has 0 saturated carbocycles. The van der Waals surface area contributed by atoms with Crippen LogP contribution in [0, 0.1) is 0 Å². The number of hydrogen-bond donors (Lipinski definition) is 2. The Kier molecular flexibility index (Phi) is 4.15. The molecule has 0 radical (unpaired) electrons. The molecule has 7 heteroatoms. The summed E-state index contributed by atoms with van der Waals surface area (Å²) in [6, 6.07) is 8.60. The van der Waals surface area contributed by atoms with Gasteiger partial charge in [-0.2, -0.15) is 0 Å². The molecule has 0 spiro atoms. The summed E-state index contributed by atoms with van der Waals surface area (Å²) in [5.74, 6) is 0.662. The predicted octanol–water partition coefficient (Wildman–Crippen LogP) is 1.47. The van der Waals surface area contributed by atoms with Crippen LogP contribution in [0.1, 0.15) is 0 Å². The van der Waals surface area contributed by atoms with Gasteiger partial charge in [-0.1, -0.05) is 18.2 Å². The second-order valence-corrected chi connectivity index (χ2v) is 4.88. The van der Waals surface area contributed by atoms with Crippen LogP contribution in [0.4, 0.5) is 16.4 Å². The van der Waals surface area contributed by atoms with E-state index in [9.17, 15) is 4.79 Å². The fourth-order valence-electron chi connectivity index (χ4n) is 2.36. The smallest absolute Gasteiger partial charge is 0.316 e. The third-order valence-corrected chi connectivity index (χ3v) is 3.40. The van der Waals surface area contributed by atoms with Crippen LogP contribution >= 0.6 is 0 Å². The Balaban J connectivity index is 1.93. The first kappa shape index (κ1) is 14.3. The third kappa shape index (κ3) is 3.15. The molecule has 1 saturated heterocycles. The van der Waals surface area contributed by atoms with Crippen molar-refractivity contribution in [3.05, 3.63) is 36.5 Å². The van der Waals surface area contributed by atoms with Crippen molar-refractivity contribution >= 4 is 17.7 Å². The number of nitrogens with two attached hydrogens (primary N) is 1. The minimum absolute atomic E-state index is 0.602. The number of anilines is 2. The quantitative estimate of drug-likeness (QED) is 0.895. The van der Waals surface area contributed by atoms with Crippen molar-refractivity contribution < 1.29 is 9.53 Å². The standard InChI is InChI=1S/C15H17N5O2/c16-14(21)18-12-4-2-1-3-11(12)13-5-6-17-15(19-13)20-7-9-22-10-8-20/h1-6H,7-10H2,(H3,16,18,21). The van der Waals surface area contributed by atoms with Crippen molar-refractivity contribution in [2.24, 2.45) is 5.73 Å². The van der Waals surface area contributed by atoms with Gasteiger partial charge in [0.15, 0.2) is 0 Å². The largest absolute Gasteiger partial charge is 0.378 e. The summed E-state index contributed by atoms with van der Waals surface area (Å²) in [6.45, 7) is 2.89. The maximum absolute atomic E-state index is 11.1. The summed E-state index contributed by atoms with van der Waals surface area (Å²) in [5, 5.41) is 2.62. The van der Waals surface area contributed by atoms with Crippen LogP contribution in [-0.4, -0.2) is 42.3 Å². The molecule has 1 fully saturated rings. The summed E-state index contributed by atoms with van der Waals surface area (Å²) in [7, 11) is 0. The number of carbonyl (C=O) groups excluding carboxylic acids is 1. The van der Waals surface area contributed by atoms with Crippen molar-refractivity contribution in [2.75, 3.05) is 36.5 Å². The zero-order valence-electron chi connectivity index (χ0n) is 12.0. The summed E-state index contributed by atoms with van der Waals surface area (Å²) in [4.78, 5) is 22.1. The van der Waals surface area contributed by atoms with Crippen molar-refractivity contribution in [3.8, 4) is 11.3 Å². The number of aromatic nitrogens is 2. The number of urea groups is 1. The van der Waals surface area contributed by atoms with Gasteiger partial charge in [0.05, 0.1) is 24.6 Å². The number of para-hydroxylation sites is 1. The first-order chi connectivity index (χ1) is 10.7. The van der Waals surface area contributed by atoms with E-state index >= 15 is 0 Å². The van der Waals surface area contributed by atoms with E-state index in [0.29, 0.717) is 24.8 Å². The number of ether oxygens (including phenoxy) is 1. The van der Waals surface area contributed by atoms with E-state index in [0.717, 1.165) is 24.3 Å². The highest BCUT2D eigenvalue weighted by molar-refractivity contribution is 5.93. The molecule has 1 aliphatic rings. The molecule has 0 bridgehead atoms. The maximum Gasteiger partial charge on any atom is 0.316 e. The number of morpholine rings is 1. The van der Waals surface area contributed by atoms with E-state index in [2.05, 4.69) is 20.2 Å². The predicted molar refractivity (Wildman–Crippen MR) is 83.7 cm³/mol. The van der Waals surface area contributed by atoms with Crippen molar-refractivity contribution in [1.29, 1.82) is 0 Å². The van der Waals surface area contributed by atoms with Crippen LogP contribution in [0.2, 0.25) is 0 Å². The van der Waals surface area contributed by atoms with E-state index < -0.39 is 6.03 Å². The molecule has 1 aromatic carbocycles. The second kappa shape index (κ2) is 6.40. The van der Waals surface area contributed by atoms with Gasteiger partial charge in [-0.05, 0) is 12.1 Å². The van der Waals surface area contributed by atoms with Gasteiger partial charge in [0.1, 0.15) is 0 Å². The Morgan fingerprint density at radius 1 is 1.23 bits per heavy atom. The number of amides is 2. The van der Waals surface area contributed by atoms with Gasteiger partial charge in [0.25, 0.3) is 0 Å². The second-order valence-electron chi connectivity index (χ2n) is 4.88. The molecular formula is C15H17N5O2. The Bertz CT molecular complexity index is 670. The number of nitrogens with zero attached hydrogens (tertiary/aromatic N) is 3. The van der Waals surface area contributed by atoms with Crippen molar-refractivity contribution in [3.63, 3.8) is 0 Å². The van der Waals surface area contributed by atoms with Crippen LogP contribution in [-0.2, 0) is 4.74 Å². The number of rotatable bonds is 3. The number of hydrogen-bond acceptors (Lipinski definition) is 5. The number of primary amides is 1. The molecule has 0 atom stereocenters.